The Hall–Kier alpha value is -13.5. The van der Waals surface area contributed by atoms with Crippen LogP contribution in [0.25, 0.3) is 0 Å². The van der Waals surface area contributed by atoms with E-state index in [1.54, 1.807) is 0 Å². The van der Waals surface area contributed by atoms with Crippen LogP contribution in [0.5, 0.6) is 0 Å². The van der Waals surface area contributed by atoms with Crippen molar-refractivity contribution in [2.24, 2.45) is 68.8 Å². The number of nitrogens with two attached hydrogens (primary N) is 12. The Morgan fingerprint density at radius 1 is 0.229 bits per heavy atom. The summed E-state index contributed by atoms with van der Waals surface area (Å²) < 4.78 is 0. The van der Waals surface area contributed by atoms with Crippen molar-refractivity contribution in [1.29, 1.82) is 48.7 Å². The van der Waals surface area contributed by atoms with Crippen molar-refractivity contribution in [3.05, 3.63) is 0 Å². The van der Waals surface area contributed by atoms with Gasteiger partial charge in [0.25, 0.3) is 0 Å². The van der Waals surface area contributed by atoms with E-state index in [0.717, 1.165) is 0 Å². The van der Waals surface area contributed by atoms with Gasteiger partial charge < -0.3 is 175 Å². The molecule has 0 spiro atoms. The van der Waals surface area contributed by atoms with Crippen LogP contribution in [0.15, 0.2) is 0 Å². The molecule has 0 radical (unpaired) electrons. The Morgan fingerprint density at radius 2 is 0.390 bits per heavy atom. The lowest BCUT2D eigenvalue weighted by molar-refractivity contribution is -0.136. The zero-order chi connectivity index (χ0) is 89.4. The number of rotatable bonds is 62. The molecule has 0 unspecified atom stereocenters. The van der Waals surface area contributed by atoms with E-state index < -0.39 is 210 Å². The third-order valence-electron chi connectivity index (χ3n) is 16.8. The fourth-order valence-electron chi connectivity index (χ4n) is 10.8. The van der Waals surface area contributed by atoms with Crippen LogP contribution in [0.2, 0.25) is 0 Å². The van der Waals surface area contributed by atoms with Crippen LogP contribution in [0, 0.1) is 48.7 Å². The van der Waals surface area contributed by atoms with Crippen LogP contribution in [0.4, 0.5) is 0 Å². The highest BCUT2D eigenvalue weighted by Crippen LogP contribution is 2.12. The van der Waals surface area contributed by atoms with Gasteiger partial charge in [-0.25, -0.2) is 0 Å². The van der Waals surface area contributed by atoms with Crippen molar-refractivity contribution in [2.75, 3.05) is 65.4 Å². The van der Waals surface area contributed by atoms with E-state index in [4.69, 9.17) is 117 Å². The van der Waals surface area contributed by atoms with Crippen LogP contribution >= 0.6 is 0 Å². The van der Waals surface area contributed by atoms with E-state index >= 15 is 0 Å². The minimum atomic E-state index is -1.81. The van der Waals surface area contributed by atoms with Crippen molar-refractivity contribution in [1.82, 2.24) is 106 Å². The zero-order valence-corrected chi connectivity index (χ0v) is 66.3. The molecule has 54 heteroatoms. The van der Waals surface area contributed by atoms with Crippen LogP contribution in [0.1, 0.15) is 135 Å². The van der Waals surface area contributed by atoms with E-state index in [1.165, 1.54) is 6.92 Å². The first-order chi connectivity index (χ1) is 55.5. The summed E-state index contributed by atoms with van der Waals surface area (Å²) in [6.07, 6.45) is -2.94. The molecule has 11 atom stereocenters. The van der Waals surface area contributed by atoms with Crippen molar-refractivity contribution in [3.63, 3.8) is 0 Å². The molecule has 0 rings (SSSR count). The number of hydrogen-bond acceptors (Lipinski definition) is 23. The van der Waals surface area contributed by atoms with Gasteiger partial charge in [-0.1, -0.05) is 0 Å². The summed E-state index contributed by atoms with van der Waals surface area (Å²) in [5, 5.41) is 120. The Balaban J connectivity index is 7.99. The molecule has 53 N–H and O–H groups in total. The van der Waals surface area contributed by atoms with E-state index in [1.807, 2.05) is 0 Å². The smallest absolute Gasteiger partial charge is 0.243 e. The van der Waals surface area contributed by atoms with Crippen molar-refractivity contribution in [2.45, 2.75) is 202 Å². The van der Waals surface area contributed by atoms with Gasteiger partial charge in [-0.05, 0) is 129 Å². The van der Waals surface area contributed by atoms with Gasteiger partial charge in [0.15, 0.2) is 53.6 Å². The molecule has 0 heterocycles. The highest BCUT2D eigenvalue weighted by Gasteiger charge is 2.37. The third-order valence-corrected chi connectivity index (χ3v) is 16.8. The first kappa shape index (κ1) is 104. The second-order valence-corrected chi connectivity index (χ2v) is 26.9. The van der Waals surface area contributed by atoms with Gasteiger partial charge in [0, 0.05) is 65.3 Å². The number of guanidine groups is 9. The predicted octanol–water partition coefficient (Wildman–Crippen LogP) is -14.6. The highest BCUT2D eigenvalue weighted by atomic mass is 16.2. The molecular weight excluding hydrogens is 1550 g/mol. The first-order valence-corrected chi connectivity index (χ1v) is 37.9. The van der Waals surface area contributed by atoms with Gasteiger partial charge in [-0.2, -0.15) is 0 Å². The molecule has 0 aliphatic rings. The molecule has 0 aromatic carbocycles. The minimum absolute atomic E-state index is 0.00886. The number of amides is 13. The van der Waals surface area contributed by atoms with Crippen LogP contribution in [-0.2, 0) is 62.3 Å². The summed E-state index contributed by atoms with van der Waals surface area (Å²) in [6.45, 7) is 0.590. The Bertz CT molecular complexity index is 3400. The Kier molecular flexibility index (Phi) is 52.4. The maximum Gasteiger partial charge on any atom is 0.243 e. The normalized spacial score (nSPS) is 13.4. The summed E-state index contributed by atoms with van der Waals surface area (Å²) in [5.41, 5.74) is 66.3. The molecule has 118 heavy (non-hydrogen) atoms. The van der Waals surface area contributed by atoms with Gasteiger partial charge in [-0.3, -0.25) is 111 Å². The predicted molar refractivity (Wildman–Crippen MR) is 436 cm³/mol. The number of primary amides is 2. The molecule has 0 fully saturated rings. The third kappa shape index (κ3) is 51.3. The summed E-state index contributed by atoms with van der Waals surface area (Å²) in [7, 11) is 0. The monoisotopic (exact) mass is 1680 g/mol. The first-order valence-electron chi connectivity index (χ1n) is 37.9. The molecular formula is C64H127N41O13. The Morgan fingerprint density at radius 3 is 0.551 bits per heavy atom. The fraction of sp³-hybridized carbons (Fsp3) is 0.656. The minimum Gasteiger partial charge on any atom is -0.370 e. The lowest BCUT2D eigenvalue weighted by Crippen LogP contribution is -2.61. The SMILES string of the molecule is C[C@H](N)C(=O)NCC(=O)N[C@@H](CCCNC(=N)N)C(=O)N[C@@H](CCCNC(=N)N)C(=O)N[C@@H](CCCNC(=N)N)C(=O)N[C@@H](CCCNC(=N)N)C(=O)N[C@@H](CCCNC(=N)N)C(=O)N[C@@H](CCC(N)=O)C(=O)N[C@@H](CCCNC(=N)N)C(=O)N[C@@H](CCCNC(=N)N)C(=O)N[C@@H](CCCNC(=N)N)C(=O)N[C@@H](CCCNC(=N)N)C(N)=O. The maximum absolute atomic E-state index is 14.9. The zero-order valence-electron chi connectivity index (χ0n) is 66.3. The molecule has 0 saturated carbocycles. The molecule has 13 amide bonds. The number of carbonyl (C=O) groups is 13. The van der Waals surface area contributed by atoms with E-state index in [2.05, 4.69) is 106 Å². The molecule has 54 nitrogen and oxygen atoms in total. The topological polar surface area (TPSA) is 989 Å². The van der Waals surface area contributed by atoms with Crippen molar-refractivity contribution >= 4 is 130 Å². The molecule has 0 aromatic rings. The van der Waals surface area contributed by atoms with Crippen LogP contribution in [-0.4, -0.2) is 262 Å². The van der Waals surface area contributed by atoms with E-state index in [9.17, 15) is 62.3 Å². The number of carbonyl (C=O) groups excluding carboxylic acids is 13. The second-order valence-electron chi connectivity index (χ2n) is 26.9. The van der Waals surface area contributed by atoms with Gasteiger partial charge in [-0.15, -0.1) is 0 Å². The lowest BCUT2D eigenvalue weighted by Gasteiger charge is -2.29. The quantitative estimate of drug-likeness (QED) is 0.0153. The molecule has 0 saturated heterocycles. The standard InChI is InChI=1S/C64H127N41O13/c1-32(65)46(109)95-31-44(107)96-34(12-3-23-87-57(70)71)47(110)98-36(14-5-25-89-59(74)75)49(112)100-38(16-7-27-91-61(78)79)51(114)101-39(17-8-28-92-62(80)81)52(115)103-41(19-10-30-94-64(84)85)54(117)105-42(20-21-43(66)106)55(118)104-40(18-9-29-93-63(82)83)53(116)102-37(15-6-26-90-60(76)77)50(113)99-35(13-4-24-88-58(72)73)48(111)97-33(45(67)108)11-2-22-86-56(68)69/h32-42H,2-31,65H2,1H3,(H2,66,106)(H2,67,108)(H,95,109)(H,96,107)(H,97,111)(H,98,110)(H,99,113)(H,100,112)(H,101,114)(H,102,116)(H,103,115)(H,104,118)(H,105,117)(H4,68,69,86)(H4,70,71,87)(H4,72,73,88)(H4,74,75,89)(H4,76,77,90)(H4,78,79,91)(H4,80,81,92)(H4,82,83,93)(H4,84,85,94)/t32-,33-,34-,35-,36-,37-,38-,39-,40-,41-,42-/m0/s1. The highest BCUT2D eigenvalue weighted by molar-refractivity contribution is 6.00. The van der Waals surface area contributed by atoms with Gasteiger partial charge in [0.2, 0.25) is 76.8 Å². The molecule has 0 aromatic heterocycles. The van der Waals surface area contributed by atoms with Gasteiger partial charge >= 0.3 is 0 Å². The van der Waals surface area contributed by atoms with Crippen molar-refractivity contribution < 1.29 is 62.3 Å². The maximum atomic E-state index is 14.9. The van der Waals surface area contributed by atoms with E-state index in [0.29, 0.717) is 0 Å². The number of hydrogen-bond donors (Lipinski definition) is 41. The van der Waals surface area contributed by atoms with Crippen LogP contribution in [0.3, 0.4) is 0 Å². The fourth-order valence-corrected chi connectivity index (χ4v) is 10.8. The molecule has 0 aliphatic carbocycles. The van der Waals surface area contributed by atoms with Gasteiger partial charge in [0.1, 0.15) is 60.4 Å². The van der Waals surface area contributed by atoms with E-state index in [-0.39, 0.29) is 180 Å². The molecule has 0 bridgehead atoms. The Labute approximate surface area is 681 Å². The van der Waals surface area contributed by atoms with Crippen LogP contribution < -0.4 is 175 Å². The van der Waals surface area contributed by atoms with Crippen molar-refractivity contribution in [3.8, 4) is 0 Å². The average Bonchev–Trinajstić information content (AvgIpc) is 0.863. The molecule has 0 aliphatic heterocycles. The lowest BCUT2D eigenvalue weighted by atomic mass is 10.0. The largest absolute Gasteiger partial charge is 0.370 e. The van der Waals surface area contributed by atoms with Gasteiger partial charge in [0.05, 0.1) is 12.6 Å². The summed E-state index contributed by atoms with van der Waals surface area (Å²) in [6, 6.07) is -16.8. The number of nitrogens with one attached hydrogen (secondary N) is 29. The second kappa shape index (κ2) is 59.2. The molecule has 666 valence electrons. The summed E-state index contributed by atoms with van der Waals surface area (Å²) in [4.78, 5) is 182. The summed E-state index contributed by atoms with van der Waals surface area (Å²) in [5.74, 6) is -16.8. The summed E-state index contributed by atoms with van der Waals surface area (Å²) >= 11 is 0. The average molecular weight is 1680 g/mol.